The third-order valence-corrected chi connectivity index (χ3v) is 4.48. The third kappa shape index (κ3) is 4.86. The highest BCUT2D eigenvalue weighted by Gasteiger charge is 2.33. The number of halogens is 3. The van der Waals surface area contributed by atoms with E-state index in [0.717, 1.165) is 17.7 Å². The summed E-state index contributed by atoms with van der Waals surface area (Å²) in [5.74, 6) is -1.93. The molecule has 3 rings (SSSR count). The predicted octanol–water partition coefficient (Wildman–Crippen LogP) is 3.26. The van der Waals surface area contributed by atoms with Gasteiger partial charge in [-0.05, 0) is 42.8 Å². The molecule has 28 heavy (non-hydrogen) atoms. The Kier molecular flexibility index (Phi) is 5.64. The number of aliphatic carboxylic acids is 1. The van der Waals surface area contributed by atoms with Crippen LogP contribution in [-0.4, -0.2) is 40.0 Å². The van der Waals surface area contributed by atoms with Crippen LogP contribution in [0.3, 0.4) is 0 Å². The summed E-state index contributed by atoms with van der Waals surface area (Å²) < 4.78 is 38.2. The van der Waals surface area contributed by atoms with Gasteiger partial charge in [-0.2, -0.15) is 13.2 Å². The molecule has 9 heteroatoms. The predicted molar refractivity (Wildman–Crippen MR) is 94.7 cm³/mol. The number of carboxylic acid groups (broad SMARTS) is 1. The fourth-order valence-electron chi connectivity index (χ4n) is 3.10. The van der Waals surface area contributed by atoms with Crippen LogP contribution in [0.25, 0.3) is 0 Å². The summed E-state index contributed by atoms with van der Waals surface area (Å²) in [6.45, 7) is 1.65. The Morgan fingerprint density at radius 3 is 2.64 bits per heavy atom. The van der Waals surface area contributed by atoms with Crippen molar-refractivity contribution >= 4 is 17.6 Å². The number of nitrogens with zero attached hydrogens (tertiary/aromatic N) is 2. The highest BCUT2D eigenvalue weighted by Crippen LogP contribution is 2.27. The van der Waals surface area contributed by atoms with E-state index in [2.05, 4.69) is 10.3 Å². The van der Waals surface area contributed by atoms with Crippen LogP contribution in [-0.2, 0) is 17.5 Å². The molecule has 1 fully saturated rings. The quantitative estimate of drug-likeness (QED) is 0.815. The van der Waals surface area contributed by atoms with Gasteiger partial charge in [-0.15, -0.1) is 0 Å². The van der Waals surface area contributed by atoms with E-state index < -0.39 is 23.7 Å². The lowest BCUT2D eigenvalue weighted by Gasteiger charge is -2.16. The first kappa shape index (κ1) is 19.8. The van der Waals surface area contributed by atoms with Crippen LogP contribution in [0, 0.1) is 5.92 Å². The monoisotopic (exact) mass is 393 g/mol. The zero-order chi connectivity index (χ0) is 20.3. The second kappa shape index (κ2) is 7.97. The number of hydrogen-bond donors (Lipinski definition) is 2. The first-order chi connectivity index (χ1) is 13.2. The van der Waals surface area contributed by atoms with Crippen molar-refractivity contribution in [2.24, 2.45) is 5.92 Å². The lowest BCUT2D eigenvalue weighted by molar-refractivity contribution is -0.142. The van der Waals surface area contributed by atoms with Crippen LogP contribution in [0.1, 0.15) is 28.2 Å². The number of aromatic nitrogens is 1. The van der Waals surface area contributed by atoms with Gasteiger partial charge in [0.1, 0.15) is 11.4 Å². The minimum atomic E-state index is -4.63. The van der Waals surface area contributed by atoms with Crippen LogP contribution in [0.15, 0.2) is 42.5 Å². The summed E-state index contributed by atoms with van der Waals surface area (Å²) in [6, 6.07) is 10.0. The van der Waals surface area contributed by atoms with Gasteiger partial charge in [0, 0.05) is 18.8 Å². The molecule has 0 bridgehead atoms. The molecule has 1 unspecified atom stereocenters. The molecule has 1 aliphatic heterocycles. The standard InChI is InChI=1S/C19H18F3N3O3/c20-19(21,22)16-6-2-5-15(24-16)17(26)23-14-4-1-3-12(9-14)10-25-8-7-13(11-25)18(27)28/h1-6,9,13H,7-8,10-11H2,(H,23,26)(H,27,28). The van der Waals surface area contributed by atoms with E-state index in [-0.39, 0.29) is 11.6 Å². The van der Waals surface area contributed by atoms with Crippen molar-refractivity contribution < 1.29 is 27.9 Å². The van der Waals surface area contributed by atoms with Gasteiger partial charge in [-0.25, -0.2) is 4.98 Å². The average molecular weight is 393 g/mol. The van der Waals surface area contributed by atoms with E-state index >= 15 is 0 Å². The summed E-state index contributed by atoms with van der Waals surface area (Å²) in [5.41, 5.74) is -0.170. The van der Waals surface area contributed by atoms with E-state index in [0.29, 0.717) is 31.7 Å². The smallest absolute Gasteiger partial charge is 0.433 e. The number of likely N-dealkylation sites (tertiary alicyclic amines) is 1. The zero-order valence-electron chi connectivity index (χ0n) is 14.7. The normalized spacial score (nSPS) is 17.5. The Labute approximate surface area is 159 Å². The molecule has 1 aromatic carbocycles. The second-order valence-electron chi connectivity index (χ2n) is 6.62. The number of rotatable bonds is 5. The molecule has 0 radical (unpaired) electrons. The van der Waals surface area contributed by atoms with Gasteiger partial charge in [0.25, 0.3) is 5.91 Å². The SMILES string of the molecule is O=C(Nc1cccc(CN2CCC(C(=O)O)C2)c1)c1cccc(C(F)(F)F)n1. The number of anilines is 1. The van der Waals surface area contributed by atoms with E-state index in [1.807, 2.05) is 11.0 Å². The summed E-state index contributed by atoms with van der Waals surface area (Å²) in [5, 5.41) is 11.6. The van der Waals surface area contributed by atoms with Crippen molar-refractivity contribution in [1.82, 2.24) is 9.88 Å². The summed E-state index contributed by atoms with van der Waals surface area (Å²) in [6.07, 6.45) is -4.03. The number of pyridine rings is 1. The third-order valence-electron chi connectivity index (χ3n) is 4.48. The average Bonchev–Trinajstić information content (AvgIpc) is 3.10. The van der Waals surface area contributed by atoms with Crippen molar-refractivity contribution in [3.8, 4) is 0 Å². The minimum Gasteiger partial charge on any atom is -0.481 e. The van der Waals surface area contributed by atoms with E-state index in [9.17, 15) is 22.8 Å². The molecule has 1 amide bonds. The largest absolute Gasteiger partial charge is 0.481 e. The molecule has 0 spiro atoms. The van der Waals surface area contributed by atoms with Gasteiger partial charge in [0.15, 0.2) is 0 Å². The lowest BCUT2D eigenvalue weighted by Crippen LogP contribution is -2.23. The first-order valence-corrected chi connectivity index (χ1v) is 8.62. The Morgan fingerprint density at radius 2 is 1.96 bits per heavy atom. The van der Waals surface area contributed by atoms with Crippen LogP contribution in [0.2, 0.25) is 0 Å². The summed E-state index contributed by atoms with van der Waals surface area (Å²) in [7, 11) is 0. The highest BCUT2D eigenvalue weighted by atomic mass is 19.4. The van der Waals surface area contributed by atoms with Gasteiger partial charge in [0.2, 0.25) is 0 Å². The van der Waals surface area contributed by atoms with Gasteiger partial charge in [0.05, 0.1) is 5.92 Å². The number of benzene rings is 1. The van der Waals surface area contributed by atoms with E-state index in [1.54, 1.807) is 18.2 Å². The lowest BCUT2D eigenvalue weighted by atomic mass is 10.1. The molecule has 1 aromatic heterocycles. The van der Waals surface area contributed by atoms with E-state index in [1.165, 1.54) is 6.07 Å². The Morgan fingerprint density at radius 1 is 1.21 bits per heavy atom. The Bertz CT molecular complexity index is 886. The van der Waals surface area contributed by atoms with Crippen LogP contribution < -0.4 is 5.32 Å². The number of amides is 1. The number of nitrogens with one attached hydrogen (secondary N) is 1. The van der Waals surface area contributed by atoms with Crippen molar-refractivity contribution in [3.63, 3.8) is 0 Å². The maximum absolute atomic E-state index is 12.7. The molecule has 6 nitrogen and oxygen atoms in total. The second-order valence-corrected chi connectivity index (χ2v) is 6.62. The molecular weight excluding hydrogens is 375 g/mol. The maximum atomic E-state index is 12.7. The number of alkyl halides is 3. The molecule has 1 aliphatic rings. The molecular formula is C19H18F3N3O3. The van der Waals surface area contributed by atoms with Crippen molar-refractivity contribution in [2.45, 2.75) is 19.1 Å². The Balaban J connectivity index is 1.66. The number of carbonyl (C=O) groups excluding carboxylic acids is 1. The highest BCUT2D eigenvalue weighted by molar-refractivity contribution is 6.02. The molecule has 0 aliphatic carbocycles. The topological polar surface area (TPSA) is 82.5 Å². The van der Waals surface area contributed by atoms with Crippen LogP contribution in [0.5, 0.6) is 0 Å². The number of hydrogen-bond acceptors (Lipinski definition) is 4. The van der Waals surface area contributed by atoms with Crippen molar-refractivity contribution in [2.75, 3.05) is 18.4 Å². The molecule has 1 saturated heterocycles. The number of carboxylic acids is 1. The van der Waals surface area contributed by atoms with Crippen molar-refractivity contribution in [1.29, 1.82) is 0 Å². The fourth-order valence-corrected chi connectivity index (χ4v) is 3.10. The van der Waals surface area contributed by atoms with Crippen LogP contribution >= 0.6 is 0 Å². The Hall–Kier alpha value is -2.94. The fraction of sp³-hybridized carbons (Fsp3) is 0.316. The molecule has 2 heterocycles. The van der Waals surface area contributed by atoms with Crippen LogP contribution in [0.4, 0.5) is 18.9 Å². The van der Waals surface area contributed by atoms with Gasteiger partial charge >= 0.3 is 12.1 Å². The van der Waals surface area contributed by atoms with E-state index in [4.69, 9.17) is 5.11 Å². The van der Waals surface area contributed by atoms with Crippen molar-refractivity contribution in [3.05, 3.63) is 59.4 Å². The molecule has 0 saturated carbocycles. The maximum Gasteiger partial charge on any atom is 0.433 e. The molecule has 148 valence electrons. The summed E-state index contributed by atoms with van der Waals surface area (Å²) in [4.78, 5) is 28.7. The molecule has 1 atom stereocenters. The molecule has 2 N–H and O–H groups in total. The number of carbonyl (C=O) groups is 2. The summed E-state index contributed by atoms with van der Waals surface area (Å²) >= 11 is 0. The minimum absolute atomic E-state index is 0.330. The molecule has 2 aromatic rings. The van der Waals surface area contributed by atoms with Gasteiger partial charge in [-0.3, -0.25) is 14.5 Å². The van der Waals surface area contributed by atoms with Gasteiger partial charge in [-0.1, -0.05) is 18.2 Å². The zero-order valence-corrected chi connectivity index (χ0v) is 14.7. The first-order valence-electron chi connectivity index (χ1n) is 8.62. The van der Waals surface area contributed by atoms with Gasteiger partial charge < -0.3 is 10.4 Å².